The number of aromatic nitrogens is 2. The molecule has 0 radical (unpaired) electrons. The zero-order valence-electron chi connectivity index (χ0n) is 21.9. The summed E-state index contributed by atoms with van der Waals surface area (Å²) in [6.07, 6.45) is 3.53. The Labute approximate surface area is 213 Å². The lowest BCUT2D eigenvalue weighted by molar-refractivity contribution is -0.131. The van der Waals surface area contributed by atoms with E-state index in [1.165, 1.54) is 0 Å². The summed E-state index contributed by atoms with van der Waals surface area (Å²) < 4.78 is 12.6. The van der Waals surface area contributed by atoms with Gasteiger partial charge in [0.1, 0.15) is 12.4 Å². The average molecular weight is 495 g/mol. The molecule has 0 unspecified atom stereocenters. The first kappa shape index (κ1) is 27.0. The Kier molecular flexibility index (Phi) is 10.2. The predicted octanol–water partition coefficient (Wildman–Crippen LogP) is 3.99. The van der Waals surface area contributed by atoms with E-state index in [0.29, 0.717) is 24.5 Å². The van der Waals surface area contributed by atoms with Crippen molar-refractivity contribution < 1.29 is 19.1 Å². The van der Waals surface area contributed by atoms with Gasteiger partial charge in [-0.1, -0.05) is 32.0 Å². The van der Waals surface area contributed by atoms with Crippen molar-refractivity contribution in [1.29, 1.82) is 0 Å². The lowest BCUT2D eigenvalue weighted by Gasteiger charge is -2.22. The maximum Gasteiger partial charge on any atom is 0.242 e. The Morgan fingerprint density at radius 2 is 1.72 bits per heavy atom. The number of carbonyl (C=O) groups excluding carboxylic acids is 2. The fourth-order valence-electron chi connectivity index (χ4n) is 4.34. The van der Waals surface area contributed by atoms with Crippen molar-refractivity contribution in [3.63, 3.8) is 0 Å². The summed E-state index contributed by atoms with van der Waals surface area (Å²) in [5.74, 6) is 2.17. The summed E-state index contributed by atoms with van der Waals surface area (Å²) in [7, 11) is 3.16. The molecule has 0 saturated carbocycles. The Balaban J connectivity index is 1.60. The van der Waals surface area contributed by atoms with Gasteiger partial charge in [-0.25, -0.2) is 4.98 Å². The number of hydrogen-bond donors (Lipinski definition) is 1. The van der Waals surface area contributed by atoms with Crippen LogP contribution in [0.3, 0.4) is 0 Å². The number of aryl methyl sites for hydroxylation is 1. The molecule has 0 bridgehead atoms. The molecule has 0 spiro atoms. The third kappa shape index (κ3) is 6.99. The van der Waals surface area contributed by atoms with E-state index in [4.69, 9.17) is 14.5 Å². The lowest BCUT2D eigenvalue weighted by Crippen LogP contribution is -2.35. The SMILES string of the molecule is CCCN(CCC)C(=O)Cn1c(CCCNC(=O)Cc2ccc(OC)c(OC)c2)nc2ccccc21. The van der Waals surface area contributed by atoms with Gasteiger partial charge in [0.2, 0.25) is 11.8 Å². The van der Waals surface area contributed by atoms with E-state index >= 15 is 0 Å². The third-order valence-electron chi connectivity index (χ3n) is 6.08. The number of hydrogen-bond acceptors (Lipinski definition) is 5. The second-order valence-corrected chi connectivity index (χ2v) is 8.80. The summed E-state index contributed by atoms with van der Waals surface area (Å²) in [6, 6.07) is 13.4. The molecule has 3 rings (SSSR count). The van der Waals surface area contributed by atoms with Gasteiger partial charge in [0.15, 0.2) is 11.5 Å². The highest BCUT2D eigenvalue weighted by Gasteiger charge is 2.17. The molecular formula is C28H38N4O4. The number of carbonyl (C=O) groups is 2. The van der Waals surface area contributed by atoms with Gasteiger partial charge in [-0.15, -0.1) is 0 Å². The van der Waals surface area contributed by atoms with Crippen molar-refractivity contribution in [2.24, 2.45) is 0 Å². The number of fused-ring (bicyclic) bond motifs is 1. The highest BCUT2D eigenvalue weighted by atomic mass is 16.5. The van der Waals surface area contributed by atoms with E-state index in [1.807, 2.05) is 45.9 Å². The number of amides is 2. The van der Waals surface area contributed by atoms with E-state index in [1.54, 1.807) is 20.3 Å². The van der Waals surface area contributed by atoms with Crippen LogP contribution in [0.15, 0.2) is 42.5 Å². The summed E-state index contributed by atoms with van der Waals surface area (Å²) >= 11 is 0. The molecule has 0 saturated heterocycles. The fraction of sp³-hybridized carbons (Fsp3) is 0.464. The molecular weight excluding hydrogens is 456 g/mol. The number of ether oxygens (including phenoxy) is 2. The molecule has 1 heterocycles. The number of benzene rings is 2. The van der Waals surface area contributed by atoms with Crippen LogP contribution in [0.5, 0.6) is 11.5 Å². The Morgan fingerprint density at radius 3 is 2.42 bits per heavy atom. The predicted molar refractivity (Wildman–Crippen MR) is 141 cm³/mol. The second-order valence-electron chi connectivity index (χ2n) is 8.80. The van der Waals surface area contributed by atoms with Crippen LogP contribution >= 0.6 is 0 Å². The van der Waals surface area contributed by atoms with E-state index in [2.05, 4.69) is 19.2 Å². The van der Waals surface area contributed by atoms with Crippen LogP contribution in [-0.2, 0) is 29.0 Å². The molecule has 194 valence electrons. The number of imidazole rings is 1. The number of para-hydroxylation sites is 2. The van der Waals surface area contributed by atoms with Gasteiger partial charge in [-0.2, -0.15) is 0 Å². The first-order valence-corrected chi connectivity index (χ1v) is 12.7. The third-order valence-corrected chi connectivity index (χ3v) is 6.08. The number of rotatable bonds is 14. The maximum absolute atomic E-state index is 13.1. The molecule has 0 aliphatic carbocycles. The van der Waals surface area contributed by atoms with E-state index in [9.17, 15) is 9.59 Å². The largest absolute Gasteiger partial charge is 0.493 e. The van der Waals surface area contributed by atoms with Crippen LogP contribution in [0.4, 0.5) is 0 Å². The summed E-state index contributed by atoms with van der Waals surface area (Å²) in [4.78, 5) is 32.3. The number of nitrogens with one attached hydrogen (secondary N) is 1. The molecule has 8 nitrogen and oxygen atoms in total. The van der Waals surface area contributed by atoms with Crippen LogP contribution in [0.25, 0.3) is 11.0 Å². The van der Waals surface area contributed by atoms with Crippen LogP contribution in [0, 0.1) is 0 Å². The summed E-state index contributed by atoms with van der Waals surface area (Å²) in [6.45, 7) is 6.52. The topological polar surface area (TPSA) is 85.7 Å². The first-order valence-electron chi connectivity index (χ1n) is 12.7. The van der Waals surface area contributed by atoms with Gasteiger partial charge >= 0.3 is 0 Å². The van der Waals surface area contributed by atoms with Gasteiger partial charge in [0, 0.05) is 26.1 Å². The average Bonchev–Trinajstić information content (AvgIpc) is 3.23. The number of nitrogens with zero attached hydrogens (tertiary/aromatic N) is 3. The monoisotopic (exact) mass is 494 g/mol. The zero-order chi connectivity index (χ0) is 25.9. The van der Waals surface area contributed by atoms with Crippen LogP contribution in [-0.4, -0.2) is 60.1 Å². The van der Waals surface area contributed by atoms with Crippen molar-refractivity contribution in [3.05, 3.63) is 53.9 Å². The van der Waals surface area contributed by atoms with E-state index < -0.39 is 0 Å². The first-order chi connectivity index (χ1) is 17.5. The zero-order valence-corrected chi connectivity index (χ0v) is 21.9. The summed E-state index contributed by atoms with van der Waals surface area (Å²) in [5.41, 5.74) is 2.70. The summed E-state index contributed by atoms with van der Waals surface area (Å²) in [5, 5.41) is 2.99. The molecule has 0 aliphatic heterocycles. The van der Waals surface area contributed by atoms with Crippen molar-refractivity contribution in [3.8, 4) is 11.5 Å². The lowest BCUT2D eigenvalue weighted by atomic mass is 10.1. The van der Waals surface area contributed by atoms with Gasteiger partial charge in [-0.05, 0) is 49.1 Å². The van der Waals surface area contributed by atoms with Gasteiger partial charge in [0.25, 0.3) is 0 Å². The minimum atomic E-state index is -0.0549. The van der Waals surface area contributed by atoms with E-state index in [0.717, 1.165) is 54.8 Å². The fourth-order valence-corrected chi connectivity index (χ4v) is 4.34. The molecule has 2 amide bonds. The normalized spacial score (nSPS) is 10.9. The number of methoxy groups -OCH3 is 2. The van der Waals surface area contributed by atoms with Crippen molar-refractivity contribution in [1.82, 2.24) is 19.8 Å². The molecule has 8 heteroatoms. The van der Waals surface area contributed by atoms with Crippen molar-refractivity contribution >= 4 is 22.8 Å². The Hall–Kier alpha value is -3.55. The van der Waals surface area contributed by atoms with Gasteiger partial charge in [-0.3, -0.25) is 9.59 Å². The molecule has 36 heavy (non-hydrogen) atoms. The van der Waals surface area contributed by atoms with E-state index in [-0.39, 0.29) is 24.8 Å². The Morgan fingerprint density at radius 1 is 1.00 bits per heavy atom. The standard InChI is InChI=1S/C28H38N4O4/c1-5-16-31(17-6-2)28(34)20-32-23-11-8-7-10-22(23)30-26(32)12-9-15-29-27(33)19-21-13-14-24(35-3)25(18-21)36-4/h7-8,10-11,13-14,18H,5-6,9,12,15-17,19-20H2,1-4H3,(H,29,33). The van der Waals surface area contributed by atoms with Crippen molar-refractivity contribution in [2.45, 2.75) is 52.5 Å². The molecule has 0 atom stereocenters. The molecule has 2 aromatic carbocycles. The minimum Gasteiger partial charge on any atom is -0.493 e. The van der Waals surface area contributed by atoms with Crippen LogP contribution in [0.1, 0.15) is 44.5 Å². The maximum atomic E-state index is 13.1. The van der Waals surface area contributed by atoms with Gasteiger partial charge in [0.05, 0.1) is 31.7 Å². The quantitative estimate of drug-likeness (QED) is 0.343. The highest BCUT2D eigenvalue weighted by Crippen LogP contribution is 2.27. The minimum absolute atomic E-state index is 0.0549. The second kappa shape index (κ2) is 13.5. The Bertz CT molecular complexity index is 1150. The molecule has 0 aliphatic rings. The van der Waals surface area contributed by atoms with Crippen LogP contribution in [0.2, 0.25) is 0 Å². The highest BCUT2D eigenvalue weighted by molar-refractivity contribution is 5.81. The molecule has 1 N–H and O–H groups in total. The van der Waals surface area contributed by atoms with Crippen molar-refractivity contribution in [2.75, 3.05) is 33.9 Å². The molecule has 1 aromatic heterocycles. The smallest absolute Gasteiger partial charge is 0.242 e. The molecule has 3 aromatic rings. The van der Waals surface area contributed by atoms with Gasteiger partial charge < -0.3 is 24.3 Å². The molecule has 0 fully saturated rings. The van der Waals surface area contributed by atoms with Crippen LogP contribution < -0.4 is 14.8 Å².